The summed E-state index contributed by atoms with van der Waals surface area (Å²) in [5.41, 5.74) is 0. The van der Waals surface area contributed by atoms with Crippen molar-refractivity contribution < 1.29 is 4.74 Å². The number of hydrogen-bond donors (Lipinski definition) is 1. The molecule has 0 spiro atoms. The van der Waals surface area contributed by atoms with E-state index < -0.39 is 0 Å². The van der Waals surface area contributed by atoms with Gasteiger partial charge in [0.15, 0.2) is 0 Å². The van der Waals surface area contributed by atoms with Crippen LogP contribution in [0, 0.1) is 11.8 Å². The van der Waals surface area contributed by atoms with Crippen molar-refractivity contribution in [3.63, 3.8) is 0 Å². The van der Waals surface area contributed by atoms with E-state index in [4.69, 9.17) is 4.74 Å². The van der Waals surface area contributed by atoms with E-state index >= 15 is 0 Å². The second kappa shape index (κ2) is 8.10. The van der Waals surface area contributed by atoms with Crippen LogP contribution in [0.3, 0.4) is 0 Å². The zero-order chi connectivity index (χ0) is 12.7. The van der Waals surface area contributed by atoms with Crippen LogP contribution in [0.15, 0.2) is 0 Å². The molecule has 17 heavy (non-hydrogen) atoms. The monoisotopic (exact) mass is 241 g/mol. The highest BCUT2D eigenvalue weighted by atomic mass is 16.5. The largest absolute Gasteiger partial charge is 0.377 e. The first-order valence-electron chi connectivity index (χ1n) is 7.54. The predicted molar refractivity (Wildman–Crippen MR) is 74.3 cm³/mol. The van der Waals surface area contributed by atoms with E-state index in [0.717, 1.165) is 25.0 Å². The van der Waals surface area contributed by atoms with Crippen LogP contribution in [0.1, 0.15) is 59.8 Å². The van der Waals surface area contributed by atoms with Crippen molar-refractivity contribution in [1.29, 1.82) is 0 Å². The molecule has 0 radical (unpaired) electrons. The Balaban J connectivity index is 2.48. The van der Waals surface area contributed by atoms with Gasteiger partial charge in [-0.15, -0.1) is 0 Å². The van der Waals surface area contributed by atoms with Gasteiger partial charge in [-0.1, -0.05) is 26.7 Å². The van der Waals surface area contributed by atoms with Gasteiger partial charge in [-0.3, -0.25) is 0 Å². The Morgan fingerprint density at radius 1 is 1.18 bits per heavy atom. The van der Waals surface area contributed by atoms with Crippen LogP contribution in [0.4, 0.5) is 0 Å². The van der Waals surface area contributed by atoms with Crippen LogP contribution in [-0.4, -0.2) is 25.3 Å². The van der Waals surface area contributed by atoms with Gasteiger partial charge in [0.25, 0.3) is 0 Å². The van der Waals surface area contributed by atoms with Crippen LogP contribution >= 0.6 is 0 Å². The average molecular weight is 241 g/mol. The quantitative estimate of drug-likeness (QED) is 0.735. The third kappa shape index (κ3) is 4.97. The minimum absolute atomic E-state index is 0.352. The fourth-order valence-electron chi connectivity index (χ4n) is 3.04. The Labute approximate surface area is 108 Å². The first kappa shape index (κ1) is 15.0. The maximum absolute atomic E-state index is 5.82. The van der Waals surface area contributed by atoms with Gasteiger partial charge in [0, 0.05) is 12.6 Å². The molecule has 1 fully saturated rings. The molecule has 0 bridgehead atoms. The molecule has 0 saturated heterocycles. The molecule has 0 aromatic heterocycles. The molecule has 0 aromatic rings. The van der Waals surface area contributed by atoms with Gasteiger partial charge in [-0.05, 0) is 51.5 Å². The van der Waals surface area contributed by atoms with Crippen LogP contribution in [-0.2, 0) is 4.74 Å². The highest BCUT2D eigenvalue weighted by Crippen LogP contribution is 2.31. The smallest absolute Gasteiger partial charge is 0.0702 e. The normalized spacial score (nSPS) is 28.9. The Kier molecular flexibility index (Phi) is 7.14. The summed E-state index contributed by atoms with van der Waals surface area (Å²) in [6.07, 6.45) is 7.10. The van der Waals surface area contributed by atoms with Gasteiger partial charge in [0.2, 0.25) is 0 Å². The highest BCUT2D eigenvalue weighted by molar-refractivity contribution is 4.85. The minimum atomic E-state index is 0.352. The molecular formula is C15H31NO. The highest BCUT2D eigenvalue weighted by Gasteiger charge is 2.29. The van der Waals surface area contributed by atoms with Gasteiger partial charge < -0.3 is 10.1 Å². The first-order valence-corrected chi connectivity index (χ1v) is 7.54. The summed E-state index contributed by atoms with van der Waals surface area (Å²) < 4.78 is 5.82. The topological polar surface area (TPSA) is 21.3 Å². The van der Waals surface area contributed by atoms with Crippen molar-refractivity contribution >= 4 is 0 Å². The molecule has 1 aliphatic rings. The maximum atomic E-state index is 5.82. The third-order valence-corrected chi connectivity index (χ3v) is 4.13. The minimum Gasteiger partial charge on any atom is -0.377 e. The maximum Gasteiger partial charge on any atom is 0.0702 e. The van der Waals surface area contributed by atoms with Crippen molar-refractivity contribution in [2.75, 3.05) is 13.2 Å². The average Bonchev–Trinajstić information content (AvgIpc) is 2.32. The molecule has 1 rings (SSSR count). The second-order valence-electron chi connectivity index (χ2n) is 5.66. The van der Waals surface area contributed by atoms with Crippen molar-refractivity contribution in [2.45, 2.75) is 71.9 Å². The van der Waals surface area contributed by atoms with Gasteiger partial charge in [0.05, 0.1) is 6.10 Å². The molecule has 0 aliphatic heterocycles. The van der Waals surface area contributed by atoms with E-state index in [1.807, 2.05) is 0 Å². The molecule has 1 aliphatic carbocycles. The molecule has 0 amide bonds. The summed E-state index contributed by atoms with van der Waals surface area (Å²) in [6.45, 7) is 10.9. The van der Waals surface area contributed by atoms with Crippen molar-refractivity contribution in [3.05, 3.63) is 0 Å². The Bertz CT molecular complexity index is 187. The van der Waals surface area contributed by atoms with Gasteiger partial charge >= 0.3 is 0 Å². The molecule has 1 N–H and O–H groups in total. The Hall–Kier alpha value is -0.0800. The lowest BCUT2D eigenvalue weighted by Gasteiger charge is -2.36. The van der Waals surface area contributed by atoms with E-state index in [0.29, 0.717) is 12.1 Å². The number of rotatable bonds is 7. The molecule has 0 aromatic carbocycles. The van der Waals surface area contributed by atoms with Gasteiger partial charge in [-0.2, -0.15) is 0 Å². The lowest BCUT2D eigenvalue weighted by Crippen LogP contribution is -2.46. The number of ether oxygens (including phenoxy) is 1. The molecule has 102 valence electrons. The summed E-state index contributed by atoms with van der Waals surface area (Å²) in [5, 5.41) is 3.71. The summed E-state index contributed by atoms with van der Waals surface area (Å²) in [7, 11) is 0. The Morgan fingerprint density at radius 2 is 1.82 bits per heavy atom. The van der Waals surface area contributed by atoms with Crippen LogP contribution in [0.25, 0.3) is 0 Å². The standard InChI is InChI=1S/C15H31NO/c1-5-11-16-15(13(4)17-6-2)14-9-7-12(3)8-10-14/h12-16H,5-11H2,1-4H3. The fraction of sp³-hybridized carbons (Fsp3) is 1.00. The zero-order valence-electron chi connectivity index (χ0n) is 12.2. The third-order valence-electron chi connectivity index (χ3n) is 4.13. The molecule has 2 atom stereocenters. The molecule has 2 unspecified atom stereocenters. The fourth-order valence-corrected chi connectivity index (χ4v) is 3.04. The van der Waals surface area contributed by atoms with Crippen molar-refractivity contribution in [3.8, 4) is 0 Å². The van der Waals surface area contributed by atoms with E-state index in [1.54, 1.807) is 0 Å². The van der Waals surface area contributed by atoms with Crippen LogP contribution in [0.2, 0.25) is 0 Å². The molecule has 1 saturated carbocycles. The molecule has 0 heterocycles. The van der Waals surface area contributed by atoms with E-state index in [9.17, 15) is 0 Å². The first-order chi connectivity index (χ1) is 8.19. The summed E-state index contributed by atoms with van der Waals surface area (Å²) in [6, 6.07) is 0.558. The SMILES string of the molecule is CCCNC(C1CCC(C)CC1)C(C)OCC. The summed E-state index contributed by atoms with van der Waals surface area (Å²) in [5.74, 6) is 1.75. The molecular weight excluding hydrogens is 210 g/mol. The van der Waals surface area contributed by atoms with Gasteiger partial charge in [0.1, 0.15) is 0 Å². The van der Waals surface area contributed by atoms with Crippen LogP contribution in [0.5, 0.6) is 0 Å². The second-order valence-corrected chi connectivity index (χ2v) is 5.66. The number of hydrogen-bond acceptors (Lipinski definition) is 2. The Morgan fingerprint density at radius 3 is 2.35 bits per heavy atom. The van der Waals surface area contributed by atoms with Gasteiger partial charge in [-0.25, -0.2) is 0 Å². The van der Waals surface area contributed by atoms with Crippen molar-refractivity contribution in [2.24, 2.45) is 11.8 Å². The van der Waals surface area contributed by atoms with Crippen LogP contribution < -0.4 is 5.32 Å². The van der Waals surface area contributed by atoms with E-state index in [2.05, 4.69) is 33.0 Å². The van der Waals surface area contributed by atoms with E-state index in [1.165, 1.54) is 32.1 Å². The van der Waals surface area contributed by atoms with Crippen molar-refractivity contribution in [1.82, 2.24) is 5.32 Å². The van der Waals surface area contributed by atoms with E-state index in [-0.39, 0.29) is 0 Å². The lowest BCUT2D eigenvalue weighted by atomic mass is 9.78. The molecule has 2 heteroatoms. The zero-order valence-corrected chi connectivity index (χ0v) is 12.2. The lowest BCUT2D eigenvalue weighted by molar-refractivity contribution is 0.0213. The number of nitrogens with one attached hydrogen (secondary N) is 1. The molecule has 2 nitrogen and oxygen atoms in total. The summed E-state index contributed by atoms with van der Waals surface area (Å²) >= 11 is 0. The predicted octanol–water partition coefficient (Wildman–Crippen LogP) is 3.61. The summed E-state index contributed by atoms with van der Waals surface area (Å²) in [4.78, 5) is 0.